The van der Waals surface area contributed by atoms with E-state index in [9.17, 15) is 39.5 Å². The average molecular weight is 332 g/mol. The number of hydrogen-bond donors (Lipinski definition) is 0. The average Bonchev–Trinajstić information content (AvgIpc) is 2.26. The molecule has 0 spiro atoms. The van der Waals surface area contributed by atoms with Crippen LogP contribution in [0.15, 0.2) is 18.2 Å². The monoisotopic (exact) mass is 331 g/mol. The largest absolute Gasteiger partial charge is 0.460 e. The van der Waals surface area contributed by atoms with Crippen LogP contribution in [0, 0.1) is 0 Å². The minimum absolute atomic E-state index is 0.159. The molecular formula is C9H3ClF9N. The van der Waals surface area contributed by atoms with E-state index in [2.05, 4.69) is 4.98 Å². The zero-order valence-corrected chi connectivity index (χ0v) is 9.71. The van der Waals surface area contributed by atoms with Crippen molar-refractivity contribution in [2.45, 2.75) is 23.9 Å². The molecule has 0 atom stereocenters. The van der Waals surface area contributed by atoms with E-state index in [1.807, 2.05) is 0 Å². The lowest BCUT2D eigenvalue weighted by molar-refractivity contribution is -0.400. The van der Waals surface area contributed by atoms with Gasteiger partial charge in [-0.1, -0.05) is 17.7 Å². The molecule has 0 aliphatic rings. The summed E-state index contributed by atoms with van der Waals surface area (Å²) in [6.45, 7) is 0. The van der Waals surface area contributed by atoms with Crippen LogP contribution in [0.4, 0.5) is 39.5 Å². The lowest BCUT2D eigenvalue weighted by atomic mass is 10.0. The standard InChI is InChI=1S/C9H3ClF9N/c10-5-3-1-2-4(20-5)6(11,12)7(13,14)8(15,16)9(17,18)19/h1-3H. The number of hydrogen-bond acceptors (Lipinski definition) is 1. The first-order chi connectivity index (χ1) is 8.75. The van der Waals surface area contributed by atoms with Crippen molar-refractivity contribution in [1.82, 2.24) is 4.98 Å². The molecule has 0 unspecified atom stereocenters. The molecule has 0 N–H and O–H groups in total. The number of pyridine rings is 1. The highest BCUT2D eigenvalue weighted by atomic mass is 35.5. The maximum Gasteiger partial charge on any atom is 0.460 e. The van der Waals surface area contributed by atoms with Gasteiger partial charge in [-0.05, 0) is 12.1 Å². The van der Waals surface area contributed by atoms with Gasteiger partial charge in [0.05, 0.1) is 0 Å². The molecule has 0 radical (unpaired) electrons. The predicted molar refractivity (Wildman–Crippen MR) is 49.1 cm³/mol. The summed E-state index contributed by atoms with van der Waals surface area (Å²) >= 11 is 5.11. The Labute approximate surface area is 110 Å². The van der Waals surface area contributed by atoms with E-state index in [1.54, 1.807) is 0 Å². The first-order valence-electron chi connectivity index (χ1n) is 4.58. The van der Waals surface area contributed by atoms with Crippen molar-refractivity contribution in [3.05, 3.63) is 29.0 Å². The first kappa shape index (κ1) is 16.9. The molecule has 0 aliphatic heterocycles. The normalized spacial score (nSPS) is 14.5. The summed E-state index contributed by atoms with van der Waals surface area (Å²) in [6.07, 6.45) is -6.86. The van der Waals surface area contributed by atoms with Gasteiger partial charge in [-0.2, -0.15) is 39.5 Å². The number of aromatic nitrogens is 1. The Morgan fingerprint density at radius 3 is 1.70 bits per heavy atom. The molecule has 1 nitrogen and oxygen atoms in total. The van der Waals surface area contributed by atoms with Gasteiger partial charge in [0.1, 0.15) is 10.8 Å². The fraction of sp³-hybridized carbons (Fsp3) is 0.444. The van der Waals surface area contributed by atoms with Gasteiger partial charge < -0.3 is 0 Å². The molecule has 1 rings (SSSR count). The third-order valence-electron chi connectivity index (χ3n) is 2.18. The molecule has 0 saturated carbocycles. The summed E-state index contributed by atoms with van der Waals surface area (Å²) < 4.78 is 113. The van der Waals surface area contributed by atoms with Gasteiger partial charge in [-0.25, -0.2) is 4.98 Å². The summed E-state index contributed by atoms with van der Waals surface area (Å²) in [4.78, 5) is 2.64. The van der Waals surface area contributed by atoms with E-state index >= 15 is 0 Å². The van der Waals surface area contributed by atoms with Crippen LogP contribution >= 0.6 is 11.6 Å². The quantitative estimate of drug-likeness (QED) is 0.580. The zero-order valence-electron chi connectivity index (χ0n) is 8.96. The van der Waals surface area contributed by atoms with Crippen molar-refractivity contribution in [3.63, 3.8) is 0 Å². The topological polar surface area (TPSA) is 12.9 Å². The van der Waals surface area contributed by atoms with Crippen LogP contribution in [0.1, 0.15) is 5.69 Å². The van der Waals surface area contributed by atoms with Crippen molar-refractivity contribution in [1.29, 1.82) is 0 Å². The maximum atomic E-state index is 13.3. The van der Waals surface area contributed by atoms with Gasteiger partial charge in [0, 0.05) is 0 Å². The van der Waals surface area contributed by atoms with E-state index < -0.39 is 34.8 Å². The van der Waals surface area contributed by atoms with Gasteiger partial charge in [0.2, 0.25) is 0 Å². The summed E-state index contributed by atoms with van der Waals surface area (Å²) in [5.74, 6) is -19.6. The van der Waals surface area contributed by atoms with E-state index in [0.29, 0.717) is 6.07 Å². The van der Waals surface area contributed by atoms with Gasteiger partial charge in [-0.3, -0.25) is 0 Å². The Hall–Kier alpha value is -1.19. The third kappa shape index (κ3) is 2.40. The Morgan fingerprint density at radius 2 is 1.30 bits per heavy atom. The maximum absolute atomic E-state index is 13.3. The van der Waals surface area contributed by atoms with Gasteiger partial charge in [0.15, 0.2) is 0 Å². The van der Waals surface area contributed by atoms with E-state index in [1.165, 1.54) is 0 Å². The van der Waals surface area contributed by atoms with Crippen LogP contribution in [-0.4, -0.2) is 23.0 Å². The number of alkyl halides is 9. The molecule has 0 saturated heterocycles. The molecule has 1 aromatic heterocycles. The van der Waals surface area contributed by atoms with Crippen molar-refractivity contribution in [2.75, 3.05) is 0 Å². The van der Waals surface area contributed by atoms with Crippen LogP contribution in [0.3, 0.4) is 0 Å². The molecule has 0 bridgehead atoms. The van der Waals surface area contributed by atoms with E-state index in [-0.39, 0.29) is 6.07 Å². The fourth-order valence-corrected chi connectivity index (χ4v) is 1.28. The van der Waals surface area contributed by atoms with Crippen molar-refractivity contribution in [2.24, 2.45) is 0 Å². The second-order valence-corrected chi connectivity index (χ2v) is 3.95. The molecular weight excluding hydrogens is 329 g/mol. The SMILES string of the molecule is FC(F)(F)C(F)(F)C(F)(F)C(F)(F)c1cccc(Cl)n1. The van der Waals surface area contributed by atoms with Gasteiger partial charge >= 0.3 is 23.9 Å². The molecule has 1 heterocycles. The minimum Gasteiger partial charge on any atom is -0.235 e. The lowest BCUT2D eigenvalue weighted by Crippen LogP contribution is -2.59. The Bertz CT molecular complexity index is 496. The molecule has 0 amide bonds. The van der Waals surface area contributed by atoms with Gasteiger partial charge in [-0.15, -0.1) is 0 Å². The van der Waals surface area contributed by atoms with Crippen molar-refractivity contribution >= 4 is 11.6 Å². The summed E-state index contributed by atoms with van der Waals surface area (Å²) in [7, 11) is 0. The molecule has 114 valence electrons. The molecule has 11 heteroatoms. The first-order valence-corrected chi connectivity index (χ1v) is 4.96. The fourth-order valence-electron chi connectivity index (χ4n) is 1.12. The Balaban J connectivity index is 3.39. The number of nitrogens with zero attached hydrogens (tertiary/aromatic N) is 1. The van der Waals surface area contributed by atoms with E-state index in [4.69, 9.17) is 11.6 Å². The minimum atomic E-state index is -6.95. The third-order valence-corrected chi connectivity index (χ3v) is 2.39. The number of halogens is 10. The van der Waals surface area contributed by atoms with Crippen molar-refractivity contribution < 1.29 is 39.5 Å². The van der Waals surface area contributed by atoms with Crippen LogP contribution in [0.5, 0.6) is 0 Å². The summed E-state index contributed by atoms with van der Waals surface area (Å²) in [5.41, 5.74) is -2.00. The molecule has 0 aliphatic carbocycles. The van der Waals surface area contributed by atoms with Crippen LogP contribution < -0.4 is 0 Å². The molecule has 20 heavy (non-hydrogen) atoms. The highest BCUT2D eigenvalue weighted by Gasteiger charge is 2.82. The van der Waals surface area contributed by atoms with E-state index in [0.717, 1.165) is 6.07 Å². The number of rotatable bonds is 3. The Morgan fingerprint density at radius 1 is 0.800 bits per heavy atom. The second-order valence-electron chi connectivity index (χ2n) is 3.57. The predicted octanol–water partition coefficient (Wildman–Crippen LogP) is 4.66. The highest BCUT2D eigenvalue weighted by Crippen LogP contribution is 2.56. The lowest BCUT2D eigenvalue weighted by Gasteiger charge is -2.33. The zero-order chi connectivity index (χ0) is 16.0. The summed E-state index contributed by atoms with van der Waals surface area (Å²) in [5, 5.41) is -0.770. The smallest absolute Gasteiger partial charge is 0.235 e. The molecule has 0 aromatic carbocycles. The van der Waals surface area contributed by atoms with Gasteiger partial charge in [0.25, 0.3) is 0 Å². The summed E-state index contributed by atoms with van der Waals surface area (Å²) in [6, 6.07) is 1.66. The van der Waals surface area contributed by atoms with Crippen molar-refractivity contribution in [3.8, 4) is 0 Å². The van der Waals surface area contributed by atoms with Crippen LogP contribution in [0.25, 0.3) is 0 Å². The molecule has 1 aromatic rings. The highest BCUT2D eigenvalue weighted by molar-refractivity contribution is 6.29. The molecule has 0 fully saturated rings. The second kappa shape index (κ2) is 4.68. The Kier molecular flexibility index (Phi) is 3.94. The van der Waals surface area contributed by atoms with Crippen LogP contribution in [-0.2, 0) is 5.92 Å². The van der Waals surface area contributed by atoms with Crippen LogP contribution in [0.2, 0.25) is 5.15 Å².